The van der Waals surface area contributed by atoms with Gasteiger partial charge in [0.1, 0.15) is 11.6 Å². The van der Waals surface area contributed by atoms with Crippen molar-refractivity contribution < 1.29 is 14.3 Å². The van der Waals surface area contributed by atoms with E-state index in [0.717, 1.165) is 11.3 Å². The fourth-order valence-corrected chi connectivity index (χ4v) is 2.94. The Kier molecular flexibility index (Phi) is 6.17. The average Bonchev–Trinajstić information content (AvgIpc) is 2.51. The molecule has 0 saturated carbocycles. The topological polar surface area (TPSA) is 38.8 Å². The molecule has 1 aromatic carbocycles. The van der Waals surface area contributed by atoms with Crippen LogP contribution in [0.1, 0.15) is 54.0 Å². The first-order chi connectivity index (χ1) is 12.0. The molecule has 1 aliphatic heterocycles. The Hall–Kier alpha value is -1.81. The van der Waals surface area contributed by atoms with Gasteiger partial charge in [0, 0.05) is 18.8 Å². The van der Waals surface area contributed by atoms with Crippen LogP contribution in [0.25, 0.3) is 6.08 Å². The van der Waals surface area contributed by atoms with Crippen LogP contribution in [0, 0.1) is 5.92 Å². The van der Waals surface area contributed by atoms with Crippen LogP contribution in [-0.4, -0.2) is 36.4 Å². The van der Waals surface area contributed by atoms with Gasteiger partial charge in [0.25, 0.3) is 0 Å². The molecule has 1 heterocycles. The Labute approximate surface area is 158 Å². The van der Waals surface area contributed by atoms with Gasteiger partial charge in [-0.1, -0.05) is 44.2 Å². The van der Waals surface area contributed by atoms with Crippen molar-refractivity contribution in [2.75, 3.05) is 18.1 Å². The number of para-hydroxylation sites is 1. The van der Waals surface area contributed by atoms with Crippen LogP contribution < -0.4 is 4.90 Å². The van der Waals surface area contributed by atoms with E-state index >= 15 is 0 Å². The third kappa shape index (κ3) is 5.60. The Balaban J connectivity index is 2.29. The molecule has 0 bridgehead atoms. The van der Waals surface area contributed by atoms with E-state index in [0.29, 0.717) is 19.1 Å². The minimum absolute atomic E-state index is 0.233. The van der Waals surface area contributed by atoms with Gasteiger partial charge in [-0.25, -0.2) is 4.79 Å². The summed E-state index contributed by atoms with van der Waals surface area (Å²) in [4.78, 5) is 14.9. The summed E-state index contributed by atoms with van der Waals surface area (Å²) in [5, 5.41) is 0. The number of hydrogen-bond acceptors (Lipinski definition) is 4. The zero-order valence-electron chi connectivity index (χ0n) is 17.2. The van der Waals surface area contributed by atoms with Gasteiger partial charge in [-0.05, 0) is 52.2 Å². The van der Waals surface area contributed by atoms with E-state index in [-0.39, 0.29) is 11.6 Å². The van der Waals surface area contributed by atoms with Gasteiger partial charge in [-0.2, -0.15) is 0 Å². The molecule has 144 valence electrons. The molecule has 1 aliphatic rings. The minimum atomic E-state index is -0.517. The van der Waals surface area contributed by atoms with Gasteiger partial charge < -0.3 is 14.4 Å². The molecule has 1 atom stereocenters. The van der Waals surface area contributed by atoms with Crippen molar-refractivity contribution in [3.63, 3.8) is 0 Å². The highest BCUT2D eigenvalue weighted by atomic mass is 16.6. The molecule has 4 heteroatoms. The number of benzene rings is 1. The lowest BCUT2D eigenvalue weighted by molar-refractivity contribution is -0.155. The highest BCUT2D eigenvalue weighted by molar-refractivity contribution is 5.88. The third-order valence-electron chi connectivity index (χ3n) is 4.05. The molecule has 2 rings (SSSR count). The second-order valence-corrected chi connectivity index (χ2v) is 8.99. The molecule has 0 radical (unpaired) electrons. The van der Waals surface area contributed by atoms with E-state index in [2.05, 4.69) is 44.7 Å². The standard InChI is InChI=1S/C22H33NO3/c1-16(2)14-25-22(6,7)15-23-18-11-9-8-10-17(18)12-13-19(23)20(24)26-21(3,4)5/h8-13,16,19H,14-15H2,1-7H3. The van der Waals surface area contributed by atoms with Crippen LogP contribution >= 0.6 is 0 Å². The van der Waals surface area contributed by atoms with Gasteiger partial charge >= 0.3 is 5.97 Å². The zero-order valence-corrected chi connectivity index (χ0v) is 17.2. The van der Waals surface area contributed by atoms with Crippen LogP contribution in [0.4, 0.5) is 5.69 Å². The van der Waals surface area contributed by atoms with Crippen molar-refractivity contribution in [1.29, 1.82) is 0 Å². The molecule has 4 nitrogen and oxygen atoms in total. The first-order valence-electron chi connectivity index (χ1n) is 9.39. The van der Waals surface area contributed by atoms with Crippen molar-refractivity contribution in [3.05, 3.63) is 35.9 Å². The molecule has 26 heavy (non-hydrogen) atoms. The monoisotopic (exact) mass is 359 g/mol. The summed E-state index contributed by atoms with van der Waals surface area (Å²) in [7, 11) is 0. The summed E-state index contributed by atoms with van der Waals surface area (Å²) in [5.41, 5.74) is 1.24. The molecule has 1 aromatic rings. The highest BCUT2D eigenvalue weighted by Gasteiger charge is 2.35. The molecule has 0 amide bonds. The summed E-state index contributed by atoms with van der Waals surface area (Å²) >= 11 is 0. The number of fused-ring (bicyclic) bond motifs is 1. The Morgan fingerprint density at radius 2 is 1.81 bits per heavy atom. The first kappa shape index (κ1) is 20.5. The van der Waals surface area contributed by atoms with Crippen LogP contribution in [0.2, 0.25) is 0 Å². The van der Waals surface area contributed by atoms with Crippen LogP contribution in [0.5, 0.6) is 0 Å². The van der Waals surface area contributed by atoms with Gasteiger partial charge in [0.15, 0.2) is 0 Å². The van der Waals surface area contributed by atoms with E-state index in [9.17, 15) is 4.79 Å². The summed E-state index contributed by atoms with van der Waals surface area (Å²) in [6, 6.07) is 7.67. The lowest BCUT2D eigenvalue weighted by Crippen LogP contribution is -2.51. The lowest BCUT2D eigenvalue weighted by Gasteiger charge is -2.40. The number of ether oxygens (including phenoxy) is 2. The fourth-order valence-electron chi connectivity index (χ4n) is 2.94. The number of hydrogen-bond donors (Lipinski definition) is 0. The van der Waals surface area contributed by atoms with E-state index in [1.54, 1.807) is 0 Å². The second-order valence-electron chi connectivity index (χ2n) is 8.99. The first-order valence-corrected chi connectivity index (χ1v) is 9.39. The number of esters is 1. The number of nitrogens with zero attached hydrogens (tertiary/aromatic N) is 1. The Morgan fingerprint density at radius 3 is 2.42 bits per heavy atom. The zero-order chi connectivity index (χ0) is 19.5. The molecular formula is C22H33NO3. The maximum Gasteiger partial charge on any atom is 0.333 e. The number of anilines is 1. The van der Waals surface area contributed by atoms with Gasteiger partial charge in [-0.3, -0.25) is 0 Å². The minimum Gasteiger partial charge on any atom is -0.458 e. The quantitative estimate of drug-likeness (QED) is 0.691. The maximum absolute atomic E-state index is 12.8. The molecular weight excluding hydrogens is 326 g/mol. The molecule has 0 fully saturated rings. The van der Waals surface area contributed by atoms with E-state index in [1.165, 1.54) is 0 Å². The Bertz CT molecular complexity index is 656. The summed E-state index contributed by atoms with van der Waals surface area (Å²) in [5.74, 6) is 0.229. The van der Waals surface area contributed by atoms with E-state index < -0.39 is 11.6 Å². The molecule has 0 saturated heterocycles. The summed E-state index contributed by atoms with van der Waals surface area (Å²) in [6.07, 6.45) is 3.93. The number of carbonyl (C=O) groups excluding carboxylic acids is 1. The van der Waals surface area contributed by atoms with Crippen molar-refractivity contribution in [2.24, 2.45) is 5.92 Å². The maximum atomic E-state index is 12.8. The largest absolute Gasteiger partial charge is 0.458 e. The molecule has 0 spiro atoms. The third-order valence-corrected chi connectivity index (χ3v) is 4.05. The predicted molar refractivity (Wildman–Crippen MR) is 107 cm³/mol. The lowest BCUT2D eigenvalue weighted by atomic mass is 9.99. The average molecular weight is 360 g/mol. The molecule has 0 aromatic heterocycles. The van der Waals surface area contributed by atoms with Gasteiger partial charge in [-0.15, -0.1) is 0 Å². The SMILES string of the molecule is CC(C)COC(C)(C)CN1c2ccccc2C=CC1C(=O)OC(C)(C)C. The van der Waals surface area contributed by atoms with Crippen LogP contribution in [-0.2, 0) is 14.3 Å². The molecule has 0 aliphatic carbocycles. The van der Waals surface area contributed by atoms with Gasteiger partial charge in [0.05, 0.1) is 5.60 Å². The molecule has 1 unspecified atom stereocenters. The van der Waals surface area contributed by atoms with E-state index in [1.807, 2.05) is 45.1 Å². The van der Waals surface area contributed by atoms with Crippen molar-refractivity contribution in [3.8, 4) is 0 Å². The van der Waals surface area contributed by atoms with Crippen molar-refractivity contribution in [2.45, 2.75) is 65.7 Å². The van der Waals surface area contributed by atoms with Gasteiger partial charge in [0.2, 0.25) is 0 Å². The second kappa shape index (κ2) is 7.83. The fraction of sp³-hybridized carbons (Fsp3) is 0.591. The predicted octanol–water partition coefficient (Wildman–Crippen LogP) is 4.68. The van der Waals surface area contributed by atoms with Crippen molar-refractivity contribution in [1.82, 2.24) is 0 Å². The summed E-state index contributed by atoms with van der Waals surface area (Å²) < 4.78 is 11.8. The highest BCUT2D eigenvalue weighted by Crippen LogP contribution is 2.32. The Morgan fingerprint density at radius 1 is 1.15 bits per heavy atom. The van der Waals surface area contributed by atoms with Crippen LogP contribution in [0.15, 0.2) is 30.3 Å². The van der Waals surface area contributed by atoms with E-state index in [4.69, 9.17) is 9.47 Å². The normalized spacial score (nSPS) is 17.4. The van der Waals surface area contributed by atoms with Crippen LogP contribution in [0.3, 0.4) is 0 Å². The number of rotatable bonds is 6. The van der Waals surface area contributed by atoms with Crippen molar-refractivity contribution >= 4 is 17.7 Å². The smallest absolute Gasteiger partial charge is 0.333 e. The molecule has 0 N–H and O–H groups in total. The number of carbonyl (C=O) groups is 1. The summed E-state index contributed by atoms with van der Waals surface area (Å²) in [6.45, 7) is 15.4.